The predicted molar refractivity (Wildman–Crippen MR) is 71.1 cm³/mol. The van der Waals surface area contributed by atoms with Gasteiger partial charge in [0, 0.05) is 19.8 Å². The van der Waals surface area contributed by atoms with E-state index in [9.17, 15) is 0 Å². The van der Waals surface area contributed by atoms with Gasteiger partial charge in [-0.1, -0.05) is 13.8 Å². The van der Waals surface area contributed by atoms with Crippen molar-refractivity contribution >= 4 is 0 Å². The fourth-order valence-electron chi connectivity index (χ4n) is 2.16. The third kappa shape index (κ3) is 2.31. The molecule has 0 aliphatic rings. The molecule has 0 fully saturated rings. The Balaban J connectivity index is 2.31. The molecule has 0 spiro atoms. The van der Waals surface area contributed by atoms with Crippen LogP contribution >= 0.6 is 0 Å². The van der Waals surface area contributed by atoms with Gasteiger partial charge in [0.1, 0.15) is 0 Å². The zero-order valence-corrected chi connectivity index (χ0v) is 11.3. The lowest BCUT2D eigenvalue weighted by Crippen LogP contribution is -2.20. The standard InChI is InChI=1S/C13H21N5/c1-4-8-18-11(6-7-15-18)13(14)12-9-10(5-2)16-17(12)3/h6-7,9,13H,4-5,8,14H2,1-3H3. The Morgan fingerprint density at radius 2 is 2.11 bits per heavy atom. The number of hydrogen-bond acceptors (Lipinski definition) is 3. The molecule has 5 heteroatoms. The van der Waals surface area contributed by atoms with Crippen LogP contribution in [-0.2, 0) is 20.0 Å². The first-order chi connectivity index (χ1) is 8.67. The van der Waals surface area contributed by atoms with Gasteiger partial charge in [-0.2, -0.15) is 10.2 Å². The van der Waals surface area contributed by atoms with Gasteiger partial charge in [-0.3, -0.25) is 9.36 Å². The molecule has 2 heterocycles. The van der Waals surface area contributed by atoms with Crippen LogP contribution in [0.2, 0.25) is 0 Å². The highest BCUT2D eigenvalue weighted by molar-refractivity contribution is 5.23. The van der Waals surface area contributed by atoms with E-state index in [2.05, 4.69) is 30.1 Å². The number of aromatic nitrogens is 4. The number of aryl methyl sites for hydroxylation is 3. The SMILES string of the molecule is CCCn1nccc1C(N)c1cc(CC)nn1C. The van der Waals surface area contributed by atoms with Gasteiger partial charge in [-0.15, -0.1) is 0 Å². The second-order valence-corrected chi connectivity index (χ2v) is 4.49. The van der Waals surface area contributed by atoms with E-state index >= 15 is 0 Å². The largest absolute Gasteiger partial charge is 0.318 e. The molecule has 0 aliphatic carbocycles. The Morgan fingerprint density at radius 3 is 2.72 bits per heavy atom. The van der Waals surface area contributed by atoms with Crippen molar-refractivity contribution < 1.29 is 0 Å². The zero-order chi connectivity index (χ0) is 13.1. The fraction of sp³-hybridized carbons (Fsp3) is 0.538. The van der Waals surface area contributed by atoms with Gasteiger partial charge >= 0.3 is 0 Å². The Bertz CT molecular complexity index is 511. The Labute approximate surface area is 108 Å². The zero-order valence-electron chi connectivity index (χ0n) is 11.3. The third-order valence-electron chi connectivity index (χ3n) is 3.15. The van der Waals surface area contributed by atoms with Crippen molar-refractivity contribution in [2.45, 2.75) is 39.3 Å². The molecule has 0 aliphatic heterocycles. The molecule has 1 atom stereocenters. The van der Waals surface area contributed by atoms with Crippen LogP contribution in [-0.4, -0.2) is 19.6 Å². The monoisotopic (exact) mass is 247 g/mol. The number of rotatable bonds is 5. The molecule has 1 unspecified atom stereocenters. The minimum atomic E-state index is -0.170. The summed E-state index contributed by atoms with van der Waals surface area (Å²) < 4.78 is 3.84. The minimum absolute atomic E-state index is 0.170. The first kappa shape index (κ1) is 12.8. The Kier molecular flexibility index (Phi) is 3.81. The second kappa shape index (κ2) is 5.35. The first-order valence-corrected chi connectivity index (χ1v) is 6.47. The summed E-state index contributed by atoms with van der Waals surface area (Å²) in [4.78, 5) is 0. The quantitative estimate of drug-likeness (QED) is 0.873. The molecular weight excluding hydrogens is 226 g/mol. The van der Waals surface area contributed by atoms with Gasteiger partial charge < -0.3 is 5.73 Å². The maximum Gasteiger partial charge on any atom is 0.0893 e. The molecule has 0 aromatic carbocycles. The van der Waals surface area contributed by atoms with Crippen LogP contribution in [0.15, 0.2) is 18.3 Å². The number of hydrogen-bond donors (Lipinski definition) is 1. The van der Waals surface area contributed by atoms with Crippen LogP contribution in [0.5, 0.6) is 0 Å². The lowest BCUT2D eigenvalue weighted by Gasteiger charge is -2.14. The summed E-state index contributed by atoms with van der Waals surface area (Å²) >= 11 is 0. The number of nitrogens with zero attached hydrogens (tertiary/aromatic N) is 4. The minimum Gasteiger partial charge on any atom is -0.318 e. The summed E-state index contributed by atoms with van der Waals surface area (Å²) in [6, 6.07) is 3.89. The predicted octanol–water partition coefficient (Wildman–Crippen LogP) is 1.64. The van der Waals surface area contributed by atoms with Crippen LogP contribution < -0.4 is 5.73 Å². The third-order valence-corrected chi connectivity index (χ3v) is 3.15. The van der Waals surface area contributed by atoms with E-state index in [1.807, 2.05) is 28.7 Å². The van der Waals surface area contributed by atoms with E-state index in [1.54, 1.807) is 0 Å². The van der Waals surface area contributed by atoms with E-state index in [0.29, 0.717) is 0 Å². The van der Waals surface area contributed by atoms with Crippen molar-refractivity contribution in [2.75, 3.05) is 0 Å². The van der Waals surface area contributed by atoms with E-state index in [4.69, 9.17) is 5.73 Å². The lowest BCUT2D eigenvalue weighted by molar-refractivity contribution is 0.547. The summed E-state index contributed by atoms with van der Waals surface area (Å²) in [6.07, 6.45) is 3.78. The molecule has 5 nitrogen and oxygen atoms in total. The van der Waals surface area contributed by atoms with E-state index in [-0.39, 0.29) is 6.04 Å². The maximum absolute atomic E-state index is 6.34. The molecule has 2 aromatic rings. The van der Waals surface area contributed by atoms with Crippen LogP contribution in [0, 0.1) is 0 Å². The van der Waals surface area contributed by atoms with E-state index in [0.717, 1.165) is 36.5 Å². The van der Waals surface area contributed by atoms with Crippen LogP contribution in [0.3, 0.4) is 0 Å². The van der Waals surface area contributed by atoms with Crippen LogP contribution in [0.25, 0.3) is 0 Å². The number of nitrogens with two attached hydrogens (primary N) is 1. The van der Waals surface area contributed by atoms with Crippen molar-refractivity contribution in [2.24, 2.45) is 12.8 Å². The molecule has 0 radical (unpaired) electrons. The van der Waals surface area contributed by atoms with Gasteiger partial charge in [0.25, 0.3) is 0 Å². The molecule has 0 bridgehead atoms. The fourth-order valence-corrected chi connectivity index (χ4v) is 2.16. The summed E-state index contributed by atoms with van der Waals surface area (Å²) in [7, 11) is 1.94. The highest BCUT2D eigenvalue weighted by atomic mass is 15.3. The molecular formula is C13H21N5. The van der Waals surface area contributed by atoms with Gasteiger partial charge in [0.15, 0.2) is 0 Å². The molecule has 0 saturated heterocycles. The molecule has 2 aromatic heterocycles. The van der Waals surface area contributed by atoms with E-state index in [1.165, 1.54) is 0 Å². The topological polar surface area (TPSA) is 61.7 Å². The summed E-state index contributed by atoms with van der Waals surface area (Å²) in [5, 5.41) is 8.76. The Morgan fingerprint density at radius 1 is 1.33 bits per heavy atom. The lowest BCUT2D eigenvalue weighted by atomic mass is 10.1. The van der Waals surface area contributed by atoms with Crippen molar-refractivity contribution in [1.82, 2.24) is 19.6 Å². The molecule has 18 heavy (non-hydrogen) atoms. The van der Waals surface area contributed by atoms with Crippen molar-refractivity contribution in [1.29, 1.82) is 0 Å². The highest BCUT2D eigenvalue weighted by Crippen LogP contribution is 2.20. The summed E-state index contributed by atoms with van der Waals surface area (Å²) in [6.45, 7) is 5.13. The van der Waals surface area contributed by atoms with Crippen molar-refractivity contribution in [3.8, 4) is 0 Å². The average molecular weight is 247 g/mol. The second-order valence-electron chi connectivity index (χ2n) is 4.49. The molecule has 2 rings (SSSR count). The summed E-state index contributed by atoms with van der Waals surface area (Å²) in [5.41, 5.74) is 9.49. The van der Waals surface area contributed by atoms with Gasteiger partial charge in [-0.05, 0) is 25.0 Å². The van der Waals surface area contributed by atoms with E-state index < -0.39 is 0 Å². The Hall–Kier alpha value is -1.62. The van der Waals surface area contributed by atoms with Gasteiger partial charge in [-0.25, -0.2) is 0 Å². The molecule has 2 N–H and O–H groups in total. The first-order valence-electron chi connectivity index (χ1n) is 6.47. The molecule has 0 amide bonds. The maximum atomic E-state index is 6.34. The van der Waals surface area contributed by atoms with Crippen molar-refractivity contribution in [3.05, 3.63) is 35.4 Å². The van der Waals surface area contributed by atoms with Crippen molar-refractivity contribution in [3.63, 3.8) is 0 Å². The van der Waals surface area contributed by atoms with Gasteiger partial charge in [0.05, 0.1) is 23.1 Å². The van der Waals surface area contributed by atoms with Crippen LogP contribution in [0.4, 0.5) is 0 Å². The smallest absolute Gasteiger partial charge is 0.0893 e. The summed E-state index contributed by atoms with van der Waals surface area (Å²) in [5.74, 6) is 0. The normalized spacial score (nSPS) is 12.9. The molecule has 98 valence electrons. The molecule has 0 saturated carbocycles. The van der Waals surface area contributed by atoms with Gasteiger partial charge in [0.2, 0.25) is 0 Å². The average Bonchev–Trinajstić information content (AvgIpc) is 2.95. The highest BCUT2D eigenvalue weighted by Gasteiger charge is 2.17. The van der Waals surface area contributed by atoms with Crippen LogP contribution in [0.1, 0.15) is 43.4 Å².